The number of hydrogen-bond donors (Lipinski definition) is 1. The summed E-state index contributed by atoms with van der Waals surface area (Å²) in [4.78, 5) is 0. The lowest BCUT2D eigenvalue weighted by atomic mass is 10.1. The molecule has 1 aromatic rings. The summed E-state index contributed by atoms with van der Waals surface area (Å²) in [5, 5.41) is 0. The van der Waals surface area contributed by atoms with Crippen LogP contribution >= 0.6 is 15.9 Å². The fourth-order valence-electron chi connectivity index (χ4n) is 1.60. The summed E-state index contributed by atoms with van der Waals surface area (Å²) in [7, 11) is 0. The number of halogens is 1. The fourth-order valence-corrected chi connectivity index (χ4v) is 2.15. The van der Waals surface area contributed by atoms with E-state index in [1.807, 2.05) is 6.07 Å². The van der Waals surface area contributed by atoms with E-state index in [0.29, 0.717) is 19.9 Å². The Bertz CT molecular complexity index is 341. The summed E-state index contributed by atoms with van der Waals surface area (Å²) in [6.45, 7) is 1.59. The number of benzene rings is 1. The topological polar surface area (TPSA) is 44.5 Å². The third-order valence-electron chi connectivity index (χ3n) is 2.17. The highest BCUT2D eigenvalue weighted by Gasteiger charge is 2.15. The molecule has 0 aromatic heterocycles. The molecule has 0 saturated carbocycles. The SMILES string of the molecule is NCCc1cc(Br)cc2c1OCOC2. The van der Waals surface area contributed by atoms with E-state index in [1.165, 1.54) is 0 Å². The lowest BCUT2D eigenvalue weighted by molar-refractivity contribution is -0.0170. The van der Waals surface area contributed by atoms with Gasteiger partial charge in [0.05, 0.1) is 6.61 Å². The highest BCUT2D eigenvalue weighted by atomic mass is 79.9. The van der Waals surface area contributed by atoms with Crippen molar-refractivity contribution in [2.24, 2.45) is 5.73 Å². The van der Waals surface area contributed by atoms with Gasteiger partial charge in [0.25, 0.3) is 0 Å². The first-order chi connectivity index (χ1) is 6.81. The first kappa shape index (κ1) is 9.96. The largest absolute Gasteiger partial charge is 0.467 e. The van der Waals surface area contributed by atoms with Crippen LogP contribution in [0.2, 0.25) is 0 Å². The third kappa shape index (κ3) is 1.92. The Hall–Kier alpha value is -0.580. The van der Waals surface area contributed by atoms with Crippen LogP contribution in [0.5, 0.6) is 5.75 Å². The third-order valence-corrected chi connectivity index (χ3v) is 2.62. The predicted molar refractivity (Wildman–Crippen MR) is 57.2 cm³/mol. The van der Waals surface area contributed by atoms with Crippen LogP contribution in [-0.2, 0) is 17.8 Å². The van der Waals surface area contributed by atoms with Crippen molar-refractivity contribution < 1.29 is 9.47 Å². The van der Waals surface area contributed by atoms with Gasteiger partial charge in [-0.2, -0.15) is 0 Å². The van der Waals surface area contributed by atoms with Crippen molar-refractivity contribution in [3.63, 3.8) is 0 Å². The second kappa shape index (κ2) is 4.29. The average molecular weight is 258 g/mol. The van der Waals surface area contributed by atoms with Crippen LogP contribution in [0.25, 0.3) is 0 Å². The maximum atomic E-state index is 5.54. The van der Waals surface area contributed by atoms with Crippen molar-refractivity contribution in [3.8, 4) is 5.75 Å². The zero-order valence-corrected chi connectivity index (χ0v) is 9.34. The normalized spacial score (nSPS) is 14.7. The molecule has 0 atom stereocenters. The molecule has 0 bridgehead atoms. The van der Waals surface area contributed by atoms with E-state index >= 15 is 0 Å². The van der Waals surface area contributed by atoms with Crippen molar-refractivity contribution in [2.45, 2.75) is 13.0 Å². The summed E-state index contributed by atoms with van der Waals surface area (Å²) in [5.74, 6) is 0.949. The molecule has 2 N–H and O–H groups in total. The molecule has 0 unspecified atom stereocenters. The van der Waals surface area contributed by atoms with E-state index in [-0.39, 0.29) is 0 Å². The zero-order valence-electron chi connectivity index (χ0n) is 7.75. The van der Waals surface area contributed by atoms with E-state index in [4.69, 9.17) is 15.2 Å². The van der Waals surface area contributed by atoms with Crippen LogP contribution in [0.4, 0.5) is 0 Å². The van der Waals surface area contributed by atoms with Crippen LogP contribution < -0.4 is 10.5 Å². The molecule has 1 aliphatic heterocycles. The van der Waals surface area contributed by atoms with Crippen LogP contribution in [0.3, 0.4) is 0 Å². The molecular weight excluding hydrogens is 246 g/mol. The van der Waals surface area contributed by atoms with E-state index in [2.05, 4.69) is 22.0 Å². The molecule has 14 heavy (non-hydrogen) atoms. The minimum Gasteiger partial charge on any atom is -0.467 e. The van der Waals surface area contributed by atoms with E-state index in [9.17, 15) is 0 Å². The Balaban J connectivity index is 2.41. The van der Waals surface area contributed by atoms with Crippen LogP contribution in [-0.4, -0.2) is 13.3 Å². The number of fused-ring (bicyclic) bond motifs is 1. The summed E-state index contributed by atoms with van der Waals surface area (Å²) in [6, 6.07) is 4.07. The minimum absolute atomic E-state index is 0.339. The van der Waals surface area contributed by atoms with E-state index < -0.39 is 0 Å². The highest BCUT2D eigenvalue weighted by molar-refractivity contribution is 9.10. The van der Waals surface area contributed by atoms with Crippen molar-refractivity contribution in [1.82, 2.24) is 0 Å². The number of ether oxygens (including phenoxy) is 2. The molecular formula is C10H12BrNO2. The van der Waals surface area contributed by atoms with Crippen molar-refractivity contribution >= 4 is 15.9 Å². The van der Waals surface area contributed by atoms with Gasteiger partial charge < -0.3 is 15.2 Å². The molecule has 0 spiro atoms. The van der Waals surface area contributed by atoms with Gasteiger partial charge in [0.1, 0.15) is 5.75 Å². The van der Waals surface area contributed by atoms with Crippen molar-refractivity contribution in [1.29, 1.82) is 0 Å². The first-order valence-electron chi connectivity index (χ1n) is 4.53. The molecule has 0 fully saturated rings. The molecule has 3 nitrogen and oxygen atoms in total. The maximum Gasteiger partial charge on any atom is 0.189 e. The molecule has 4 heteroatoms. The summed E-state index contributed by atoms with van der Waals surface area (Å²) >= 11 is 3.46. The summed E-state index contributed by atoms with van der Waals surface area (Å²) < 4.78 is 11.7. The standard InChI is InChI=1S/C10H12BrNO2/c11-9-3-7(1-2-12)10-8(4-9)5-13-6-14-10/h3-4H,1-2,5-6,12H2. The van der Waals surface area contributed by atoms with Gasteiger partial charge in [-0.25, -0.2) is 0 Å². The van der Waals surface area contributed by atoms with Crippen molar-refractivity contribution in [2.75, 3.05) is 13.3 Å². The second-order valence-electron chi connectivity index (χ2n) is 3.20. The molecule has 2 rings (SSSR count). The lowest BCUT2D eigenvalue weighted by Crippen LogP contribution is -2.14. The van der Waals surface area contributed by atoms with Gasteiger partial charge in [-0.1, -0.05) is 15.9 Å². The van der Waals surface area contributed by atoms with Gasteiger partial charge in [-0.3, -0.25) is 0 Å². The summed E-state index contributed by atoms with van der Waals surface area (Å²) in [5.41, 5.74) is 7.79. The van der Waals surface area contributed by atoms with Gasteiger partial charge in [0, 0.05) is 10.0 Å². The summed E-state index contributed by atoms with van der Waals surface area (Å²) in [6.07, 6.45) is 0.835. The predicted octanol–water partition coefficient (Wildman–Crippen LogP) is 1.82. The molecule has 0 aliphatic carbocycles. The molecule has 1 aromatic carbocycles. The Morgan fingerprint density at radius 1 is 1.43 bits per heavy atom. The Kier molecular flexibility index (Phi) is 3.05. The fraction of sp³-hybridized carbons (Fsp3) is 0.400. The number of nitrogens with two attached hydrogens (primary N) is 1. The van der Waals surface area contributed by atoms with Crippen molar-refractivity contribution in [3.05, 3.63) is 27.7 Å². The highest BCUT2D eigenvalue weighted by Crippen LogP contribution is 2.31. The lowest BCUT2D eigenvalue weighted by Gasteiger charge is -2.20. The molecule has 76 valence electrons. The van der Waals surface area contributed by atoms with Crippen LogP contribution in [0, 0.1) is 0 Å². The second-order valence-corrected chi connectivity index (χ2v) is 4.12. The quantitative estimate of drug-likeness (QED) is 0.879. The number of hydrogen-bond acceptors (Lipinski definition) is 3. The van der Waals surface area contributed by atoms with Crippen LogP contribution in [0.15, 0.2) is 16.6 Å². The van der Waals surface area contributed by atoms with E-state index in [0.717, 1.165) is 27.8 Å². The van der Waals surface area contributed by atoms with Gasteiger partial charge in [0.15, 0.2) is 6.79 Å². The molecule has 0 amide bonds. The number of rotatable bonds is 2. The smallest absolute Gasteiger partial charge is 0.189 e. The Labute approximate surface area is 91.3 Å². The van der Waals surface area contributed by atoms with E-state index in [1.54, 1.807) is 0 Å². The van der Waals surface area contributed by atoms with Gasteiger partial charge >= 0.3 is 0 Å². The van der Waals surface area contributed by atoms with Gasteiger partial charge in [0.2, 0.25) is 0 Å². The minimum atomic E-state index is 0.339. The zero-order chi connectivity index (χ0) is 9.97. The first-order valence-corrected chi connectivity index (χ1v) is 5.32. The molecule has 0 radical (unpaired) electrons. The maximum absolute atomic E-state index is 5.54. The molecule has 1 heterocycles. The van der Waals surface area contributed by atoms with Gasteiger partial charge in [-0.05, 0) is 30.7 Å². The Morgan fingerprint density at radius 3 is 3.07 bits per heavy atom. The van der Waals surface area contributed by atoms with Gasteiger partial charge in [-0.15, -0.1) is 0 Å². The molecule has 1 aliphatic rings. The Morgan fingerprint density at radius 2 is 2.29 bits per heavy atom. The average Bonchev–Trinajstić information content (AvgIpc) is 2.18. The monoisotopic (exact) mass is 257 g/mol. The van der Waals surface area contributed by atoms with Crippen LogP contribution in [0.1, 0.15) is 11.1 Å². The molecule has 0 saturated heterocycles.